The summed E-state index contributed by atoms with van der Waals surface area (Å²) in [7, 11) is 0. The number of aromatic nitrogens is 1. The predicted molar refractivity (Wildman–Crippen MR) is 104 cm³/mol. The molecule has 1 amide bonds. The van der Waals surface area contributed by atoms with E-state index in [0.717, 1.165) is 10.2 Å². The summed E-state index contributed by atoms with van der Waals surface area (Å²) in [5.74, 6) is 0.263. The average Bonchev–Trinajstić information content (AvgIpc) is 3.31. The van der Waals surface area contributed by atoms with Crippen LogP contribution in [0.5, 0.6) is 0 Å². The molecule has 4 rings (SSSR count). The first-order valence-electron chi connectivity index (χ1n) is 7.74. The van der Waals surface area contributed by atoms with Crippen LogP contribution in [0, 0.1) is 0 Å². The summed E-state index contributed by atoms with van der Waals surface area (Å²) in [5, 5.41) is 6.66. The van der Waals surface area contributed by atoms with Gasteiger partial charge in [0.2, 0.25) is 5.13 Å². The van der Waals surface area contributed by atoms with Crippen LogP contribution in [-0.2, 0) is 0 Å². The van der Waals surface area contributed by atoms with Gasteiger partial charge in [-0.25, -0.2) is 4.98 Å². The summed E-state index contributed by atoms with van der Waals surface area (Å²) in [6.07, 6.45) is 3.03. The average molecular weight is 382 g/mol. The second-order valence-corrected chi connectivity index (χ2v) is 6.80. The lowest BCUT2D eigenvalue weighted by molar-refractivity contribution is 0.0988. The van der Waals surface area contributed by atoms with Crippen molar-refractivity contribution < 1.29 is 9.21 Å². The molecule has 0 fully saturated rings. The van der Waals surface area contributed by atoms with Gasteiger partial charge in [-0.2, -0.15) is 10.1 Å². The lowest BCUT2D eigenvalue weighted by atomic mass is 10.2. The molecular weight excluding hydrogens is 370 g/mol. The Balaban J connectivity index is 1.77. The number of hydrogen-bond donors (Lipinski definition) is 0. The van der Waals surface area contributed by atoms with Gasteiger partial charge in [0.25, 0.3) is 5.91 Å². The first-order chi connectivity index (χ1) is 12.7. The van der Waals surface area contributed by atoms with E-state index in [2.05, 4.69) is 10.1 Å². The quantitative estimate of drug-likeness (QED) is 0.359. The van der Waals surface area contributed by atoms with E-state index in [1.807, 2.05) is 18.2 Å². The van der Waals surface area contributed by atoms with E-state index < -0.39 is 0 Å². The van der Waals surface area contributed by atoms with Crippen molar-refractivity contribution in [3.05, 3.63) is 83.3 Å². The van der Waals surface area contributed by atoms with Crippen LogP contribution in [0.2, 0.25) is 5.02 Å². The molecule has 0 aliphatic rings. The van der Waals surface area contributed by atoms with Gasteiger partial charge in [0.15, 0.2) is 0 Å². The van der Waals surface area contributed by atoms with Gasteiger partial charge in [-0.1, -0.05) is 41.1 Å². The maximum Gasteiger partial charge on any atom is 0.280 e. The third kappa shape index (κ3) is 3.37. The van der Waals surface area contributed by atoms with Gasteiger partial charge in [-0.3, -0.25) is 4.79 Å². The summed E-state index contributed by atoms with van der Waals surface area (Å²) >= 11 is 7.40. The zero-order valence-electron chi connectivity index (χ0n) is 13.4. The molecule has 2 aromatic carbocycles. The monoisotopic (exact) mass is 381 g/mol. The van der Waals surface area contributed by atoms with Crippen LogP contribution in [0.1, 0.15) is 16.1 Å². The van der Waals surface area contributed by atoms with Crippen molar-refractivity contribution in [3.8, 4) is 0 Å². The summed E-state index contributed by atoms with van der Waals surface area (Å²) < 4.78 is 6.14. The maximum absolute atomic E-state index is 13.0. The Morgan fingerprint density at radius 3 is 2.77 bits per heavy atom. The molecule has 0 aliphatic carbocycles. The van der Waals surface area contributed by atoms with Gasteiger partial charge < -0.3 is 4.42 Å². The molecule has 4 aromatic rings. The van der Waals surface area contributed by atoms with Crippen LogP contribution in [0.15, 0.2) is 76.4 Å². The van der Waals surface area contributed by atoms with Crippen LogP contribution in [0.3, 0.4) is 0 Å². The SMILES string of the molecule is O=C(c1ccccc1)N(/N=C/c1ccco1)c1nc2ccc(Cl)cc2s1. The minimum atomic E-state index is -0.279. The largest absolute Gasteiger partial charge is 0.463 e. The molecule has 2 heterocycles. The highest BCUT2D eigenvalue weighted by Crippen LogP contribution is 2.31. The number of furan rings is 1. The minimum Gasteiger partial charge on any atom is -0.463 e. The van der Waals surface area contributed by atoms with E-state index in [0.29, 0.717) is 21.5 Å². The number of thiazole rings is 1. The number of carbonyl (C=O) groups is 1. The van der Waals surface area contributed by atoms with Crippen LogP contribution in [0.4, 0.5) is 5.13 Å². The summed E-state index contributed by atoms with van der Waals surface area (Å²) in [6, 6.07) is 17.9. The van der Waals surface area contributed by atoms with Crippen molar-refractivity contribution in [1.29, 1.82) is 0 Å². The van der Waals surface area contributed by atoms with Crippen molar-refractivity contribution >= 4 is 50.4 Å². The first-order valence-corrected chi connectivity index (χ1v) is 8.93. The van der Waals surface area contributed by atoms with Crippen molar-refractivity contribution in [1.82, 2.24) is 4.98 Å². The lowest BCUT2D eigenvalue weighted by Gasteiger charge is -2.13. The number of anilines is 1. The molecule has 0 atom stereocenters. The predicted octanol–water partition coefficient (Wildman–Crippen LogP) is 5.22. The molecule has 0 aliphatic heterocycles. The number of halogens is 1. The molecular formula is C19H12ClN3O2S. The van der Waals surface area contributed by atoms with E-state index in [9.17, 15) is 4.79 Å². The van der Waals surface area contributed by atoms with E-state index in [1.165, 1.54) is 22.6 Å². The van der Waals surface area contributed by atoms with E-state index in [-0.39, 0.29) is 5.91 Å². The van der Waals surface area contributed by atoms with E-state index in [1.54, 1.807) is 48.7 Å². The van der Waals surface area contributed by atoms with E-state index >= 15 is 0 Å². The molecule has 0 radical (unpaired) electrons. The highest BCUT2D eigenvalue weighted by molar-refractivity contribution is 7.22. The van der Waals surface area contributed by atoms with Gasteiger partial charge in [0.05, 0.1) is 22.7 Å². The smallest absolute Gasteiger partial charge is 0.280 e. The van der Waals surface area contributed by atoms with Crippen molar-refractivity contribution in [2.24, 2.45) is 5.10 Å². The van der Waals surface area contributed by atoms with Crippen molar-refractivity contribution in [2.75, 3.05) is 5.01 Å². The molecule has 0 spiro atoms. The normalized spacial score (nSPS) is 11.3. The van der Waals surface area contributed by atoms with Crippen molar-refractivity contribution in [3.63, 3.8) is 0 Å². The Morgan fingerprint density at radius 1 is 1.15 bits per heavy atom. The van der Waals surface area contributed by atoms with Gasteiger partial charge >= 0.3 is 0 Å². The molecule has 0 N–H and O–H groups in total. The maximum atomic E-state index is 13.0. The lowest BCUT2D eigenvalue weighted by Crippen LogP contribution is -2.25. The standard InChI is InChI=1S/C19H12ClN3O2S/c20-14-8-9-16-17(11-14)26-19(22-16)23(21-12-15-7-4-10-25-15)18(24)13-5-2-1-3-6-13/h1-12H/b21-12+. The first kappa shape index (κ1) is 16.5. The number of hydrogen-bond acceptors (Lipinski definition) is 5. The number of nitrogens with zero attached hydrogens (tertiary/aromatic N) is 3. The van der Waals surface area contributed by atoms with Gasteiger partial charge in [-0.15, -0.1) is 0 Å². The summed E-state index contributed by atoms with van der Waals surface area (Å²) in [4.78, 5) is 17.5. The molecule has 0 saturated carbocycles. The topological polar surface area (TPSA) is 58.7 Å². The van der Waals surface area contributed by atoms with Gasteiger partial charge in [0.1, 0.15) is 5.76 Å². The number of benzene rings is 2. The fraction of sp³-hybridized carbons (Fsp3) is 0. The molecule has 26 heavy (non-hydrogen) atoms. The molecule has 0 bridgehead atoms. The van der Waals surface area contributed by atoms with Gasteiger partial charge in [0, 0.05) is 10.6 Å². The summed E-state index contributed by atoms with van der Waals surface area (Å²) in [6.45, 7) is 0. The highest BCUT2D eigenvalue weighted by atomic mass is 35.5. The number of rotatable bonds is 4. The van der Waals surface area contributed by atoms with Crippen molar-refractivity contribution in [2.45, 2.75) is 0 Å². The molecule has 2 aromatic heterocycles. The third-order valence-electron chi connectivity index (χ3n) is 3.58. The molecule has 0 unspecified atom stereocenters. The second kappa shape index (κ2) is 7.11. The molecule has 5 nitrogen and oxygen atoms in total. The zero-order chi connectivity index (χ0) is 17.9. The fourth-order valence-electron chi connectivity index (χ4n) is 2.35. The minimum absolute atomic E-state index is 0.279. The summed E-state index contributed by atoms with van der Waals surface area (Å²) in [5.41, 5.74) is 1.27. The number of amides is 1. The van der Waals surface area contributed by atoms with Gasteiger partial charge in [-0.05, 0) is 42.5 Å². The number of carbonyl (C=O) groups excluding carboxylic acids is 1. The Hall–Kier alpha value is -2.96. The van der Waals surface area contributed by atoms with Crippen LogP contribution in [0.25, 0.3) is 10.2 Å². The Morgan fingerprint density at radius 2 is 2.00 bits per heavy atom. The number of fused-ring (bicyclic) bond motifs is 1. The Bertz CT molecular complexity index is 1070. The zero-order valence-corrected chi connectivity index (χ0v) is 14.9. The number of hydrazone groups is 1. The molecule has 7 heteroatoms. The van der Waals surface area contributed by atoms with E-state index in [4.69, 9.17) is 16.0 Å². The van der Waals surface area contributed by atoms with Crippen LogP contribution >= 0.6 is 22.9 Å². The third-order valence-corrected chi connectivity index (χ3v) is 4.81. The van der Waals surface area contributed by atoms with Crippen LogP contribution in [-0.4, -0.2) is 17.1 Å². The molecule has 0 saturated heterocycles. The highest BCUT2D eigenvalue weighted by Gasteiger charge is 2.21. The molecule has 128 valence electrons. The fourth-order valence-corrected chi connectivity index (χ4v) is 3.55. The Kier molecular flexibility index (Phi) is 4.51. The van der Waals surface area contributed by atoms with Crippen LogP contribution < -0.4 is 5.01 Å². The second-order valence-electron chi connectivity index (χ2n) is 5.35. The Labute approximate surface area is 158 Å².